The molecule has 26 heavy (non-hydrogen) atoms. The van der Waals surface area contributed by atoms with E-state index in [0.717, 1.165) is 33.5 Å². The number of aryl methyl sites for hydroxylation is 3. The molecule has 1 N–H and O–H groups in total. The van der Waals surface area contributed by atoms with Crippen LogP contribution in [0, 0.1) is 6.92 Å². The van der Waals surface area contributed by atoms with Gasteiger partial charge in [-0.2, -0.15) is 0 Å². The van der Waals surface area contributed by atoms with E-state index in [1.165, 1.54) is 14.7 Å². The van der Waals surface area contributed by atoms with Crippen molar-refractivity contribution >= 4 is 22.1 Å². The lowest BCUT2D eigenvalue weighted by Gasteiger charge is -2.12. The lowest BCUT2D eigenvalue weighted by molar-refractivity contribution is 0.683. The number of nitrogens with zero attached hydrogens (tertiary/aromatic N) is 3. The lowest BCUT2D eigenvalue weighted by Crippen LogP contribution is -2.41. The van der Waals surface area contributed by atoms with E-state index in [9.17, 15) is 9.59 Å². The summed E-state index contributed by atoms with van der Waals surface area (Å²) in [5, 5.41) is 0. The van der Waals surface area contributed by atoms with E-state index >= 15 is 0 Å². The lowest BCUT2D eigenvalue weighted by atomic mass is 10.1. The first kappa shape index (κ1) is 16.3. The molecule has 0 spiro atoms. The molecule has 6 heteroatoms. The number of imidazole rings is 1. The van der Waals surface area contributed by atoms with E-state index in [1.807, 2.05) is 57.2 Å². The number of hydrogen-bond donors (Lipinski definition) is 1. The fraction of sp³-hybridized carbons (Fsp3) is 0.250. The van der Waals surface area contributed by atoms with Gasteiger partial charge in [0.15, 0.2) is 0 Å². The summed E-state index contributed by atoms with van der Waals surface area (Å²) in [6, 6.07) is 11.9. The monoisotopic (exact) mass is 348 g/mol. The van der Waals surface area contributed by atoms with Crippen LogP contribution in [-0.4, -0.2) is 19.1 Å². The summed E-state index contributed by atoms with van der Waals surface area (Å²) >= 11 is 0. The Hall–Kier alpha value is -3.15. The van der Waals surface area contributed by atoms with Crippen molar-refractivity contribution in [1.82, 2.24) is 19.1 Å². The highest BCUT2D eigenvalue weighted by Crippen LogP contribution is 2.24. The van der Waals surface area contributed by atoms with Crippen LogP contribution in [0.1, 0.15) is 19.4 Å². The number of benzene rings is 2. The Balaban J connectivity index is 2.05. The molecule has 0 fully saturated rings. The first-order valence-electron chi connectivity index (χ1n) is 8.77. The molecule has 2 aromatic carbocycles. The standard InChI is InChI=1S/C20H20N4O2/c1-4-23-16-10-14-15(11-17(16)24(5-2)20(26)19(23)25)22-18(21-14)13-8-6-12(3)7-9-13/h6-11H,4-5H2,1-3H3,(H,21,22). The third-order valence-corrected chi connectivity index (χ3v) is 4.79. The fourth-order valence-electron chi connectivity index (χ4n) is 3.39. The molecule has 0 saturated carbocycles. The number of aromatic nitrogens is 4. The van der Waals surface area contributed by atoms with Crippen LogP contribution in [0.4, 0.5) is 0 Å². The van der Waals surface area contributed by atoms with Crippen LogP contribution in [0.25, 0.3) is 33.5 Å². The molecule has 4 rings (SSSR count). The highest BCUT2D eigenvalue weighted by Gasteiger charge is 2.14. The fourth-order valence-corrected chi connectivity index (χ4v) is 3.39. The maximum absolute atomic E-state index is 12.4. The maximum atomic E-state index is 12.4. The second kappa shape index (κ2) is 5.98. The van der Waals surface area contributed by atoms with E-state index < -0.39 is 11.1 Å². The number of aromatic amines is 1. The van der Waals surface area contributed by atoms with Gasteiger partial charge in [-0.25, -0.2) is 4.98 Å². The molecule has 0 amide bonds. The molecule has 2 aromatic heterocycles. The molecule has 0 unspecified atom stereocenters. The van der Waals surface area contributed by atoms with Crippen molar-refractivity contribution in [2.24, 2.45) is 0 Å². The molecule has 0 aliphatic rings. The molecular formula is C20H20N4O2. The summed E-state index contributed by atoms with van der Waals surface area (Å²) < 4.78 is 3.04. The van der Waals surface area contributed by atoms with Crippen LogP contribution in [0.2, 0.25) is 0 Å². The normalized spacial score (nSPS) is 11.5. The Bertz CT molecular complexity index is 1170. The van der Waals surface area contributed by atoms with Crippen LogP contribution < -0.4 is 11.1 Å². The average Bonchev–Trinajstić information content (AvgIpc) is 3.05. The van der Waals surface area contributed by atoms with E-state index in [1.54, 1.807) is 0 Å². The molecule has 0 radical (unpaired) electrons. The van der Waals surface area contributed by atoms with Crippen LogP contribution >= 0.6 is 0 Å². The van der Waals surface area contributed by atoms with Gasteiger partial charge >= 0.3 is 11.1 Å². The molecule has 0 aliphatic carbocycles. The molecule has 2 heterocycles. The van der Waals surface area contributed by atoms with Gasteiger partial charge in [-0.05, 0) is 32.9 Å². The van der Waals surface area contributed by atoms with Gasteiger partial charge in [-0.1, -0.05) is 29.8 Å². The quantitative estimate of drug-likeness (QED) is 0.578. The second-order valence-electron chi connectivity index (χ2n) is 6.41. The van der Waals surface area contributed by atoms with Crippen molar-refractivity contribution < 1.29 is 0 Å². The molecule has 0 atom stereocenters. The first-order chi connectivity index (χ1) is 12.5. The summed E-state index contributed by atoms with van der Waals surface area (Å²) in [6.45, 7) is 6.66. The van der Waals surface area contributed by atoms with Crippen LogP contribution in [0.5, 0.6) is 0 Å². The van der Waals surface area contributed by atoms with Gasteiger partial charge in [-0.15, -0.1) is 0 Å². The first-order valence-corrected chi connectivity index (χ1v) is 8.77. The number of hydrogen-bond acceptors (Lipinski definition) is 3. The van der Waals surface area contributed by atoms with E-state index in [2.05, 4.69) is 9.97 Å². The molecule has 0 aliphatic heterocycles. The second-order valence-corrected chi connectivity index (χ2v) is 6.41. The smallest absolute Gasteiger partial charge is 0.316 e. The maximum Gasteiger partial charge on any atom is 0.316 e. The van der Waals surface area contributed by atoms with E-state index in [4.69, 9.17) is 0 Å². The number of nitrogens with one attached hydrogen (secondary N) is 1. The van der Waals surface area contributed by atoms with Gasteiger partial charge in [0.1, 0.15) is 5.82 Å². The summed E-state index contributed by atoms with van der Waals surface area (Å²) in [5.41, 5.74) is 4.30. The van der Waals surface area contributed by atoms with Gasteiger partial charge in [0, 0.05) is 18.7 Å². The highest BCUT2D eigenvalue weighted by atomic mass is 16.2. The molecule has 6 nitrogen and oxygen atoms in total. The zero-order valence-corrected chi connectivity index (χ0v) is 15.0. The molecular weight excluding hydrogens is 328 g/mol. The van der Waals surface area contributed by atoms with E-state index in [-0.39, 0.29) is 0 Å². The van der Waals surface area contributed by atoms with Gasteiger partial charge in [0.25, 0.3) is 0 Å². The highest BCUT2D eigenvalue weighted by molar-refractivity contribution is 5.92. The van der Waals surface area contributed by atoms with Gasteiger partial charge in [0.2, 0.25) is 0 Å². The average molecular weight is 348 g/mol. The van der Waals surface area contributed by atoms with Gasteiger partial charge in [-0.3, -0.25) is 9.59 Å². The Labute approximate surface area is 149 Å². The minimum absolute atomic E-state index is 0.440. The predicted molar refractivity (Wildman–Crippen MR) is 104 cm³/mol. The minimum Gasteiger partial charge on any atom is -0.338 e. The summed E-state index contributed by atoms with van der Waals surface area (Å²) in [6.07, 6.45) is 0. The van der Waals surface area contributed by atoms with Crippen molar-refractivity contribution in [1.29, 1.82) is 0 Å². The van der Waals surface area contributed by atoms with Crippen molar-refractivity contribution in [3.05, 3.63) is 62.7 Å². The Morgan fingerprint density at radius 3 is 2.08 bits per heavy atom. The summed E-state index contributed by atoms with van der Waals surface area (Å²) in [7, 11) is 0. The molecule has 0 saturated heterocycles. The summed E-state index contributed by atoms with van der Waals surface area (Å²) in [5.74, 6) is 0.770. The third kappa shape index (κ3) is 2.37. The molecule has 4 aromatic rings. The topological polar surface area (TPSA) is 72.7 Å². The largest absolute Gasteiger partial charge is 0.338 e. The van der Waals surface area contributed by atoms with Gasteiger partial charge in [0.05, 0.1) is 22.1 Å². The Morgan fingerprint density at radius 2 is 1.50 bits per heavy atom. The molecule has 0 bridgehead atoms. The number of fused-ring (bicyclic) bond motifs is 2. The van der Waals surface area contributed by atoms with Crippen molar-refractivity contribution in [3.8, 4) is 11.4 Å². The predicted octanol–water partition coefficient (Wildman–Crippen LogP) is 3.05. The summed E-state index contributed by atoms with van der Waals surface area (Å²) in [4.78, 5) is 32.8. The Kier molecular flexibility index (Phi) is 3.76. The SMILES string of the molecule is CCn1c(=O)c(=O)n(CC)c2cc3[nH]c(-c4ccc(C)cc4)nc3cc21. The van der Waals surface area contributed by atoms with Crippen LogP contribution in [-0.2, 0) is 13.1 Å². The van der Waals surface area contributed by atoms with Crippen molar-refractivity contribution in [2.45, 2.75) is 33.9 Å². The van der Waals surface area contributed by atoms with Crippen molar-refractivity contribution in [2.75, 3.05) is 0 Å². The Morgan fingerprint density at radius 1 is 0.923 bits per heavy atom. The zero-order chi connectivity index (χ0) is 18.4. The van der Waals surface area contributed by atoms with Gasteiger partial charge < -0.3 is 14.1 Å². The number of H-pyrrole nitrogens is 1. The van der Waals surface area contributed by atoms with E-state index in [0.29, 0.717) is 13.1 Å². The van der Waals surface area contributed by atoms with Crippen LogP contribution in [0.15, 0.2) is 46.0 Å². The number of rotatable bonds is 3. The van der Waals surface area contributed by atoms with Crippen LogP contribution in [0.3, 0.4) is 0 Å². The zero-order valence-electron chi connectivity index (χ0n) is 15.0. The minimum atomic E-state index is -0.490. The van der Waals surface area contributed by atoms with Crippen molar-refractivity contribution in [3.63, 3.8) is 0 Å². The molecule has 132 valence electrons. The third-order valence-electron chi connectivity index (χ3n) is 4.79.